The lowest BCUT2D eigenvalue weighted by molar-refractivity contribution is 0.255. The van der Waals surface area contributed by atoms with E-state index in [-0.39, 0.29) is 0 Å². The van der Waals surface area contributed by atoms with Crippen LogP contribution in [0, 0.1) is 5.95 Å². The predicted molar refractivity (Wildman–Crippen MR) is 132 cm³/mol. The zero-order chi connectivity index (χ0) is 22.9. The fraction of sp³-hybridized carbons (Fsp3) is 0.462. The van der Waals surface area contributed by atoms with Crippen molar-refractivity contribution in [2.24, 2.45) is 0 Å². The first-order chi connectivity index (χ1) is 16.0. The maximum atomic E-state index is 15.0. The minimum Gasteiger partial charge on any atom is -0.478 e. The van der Waals surface area contributed by atoms with Crippen LogP contribution in [0.4, 0.5) is 15.8 Å². The fourth-order valence-electron chi connectivity index (χ4n) is 4.90. The van der Waals surface area contributed by atoms with Crippen molar-refractivity contribution in [2.75, 3.05) is 49.8 Å². The number of benzene rings is 1. The highest BCUT2D eigenvalue weighted by atomic mass is 19.1. The quantitative estimate of drug-likeness (QED) is 0.377. The Bertz CT molecular complexity index is 1140. The summed E-state index contributed by atoms with van der Waals surface area (Å²) in [5, 5.41) is 1.03. The molecule has 0 amide bonds. The molecular formula is C26H32FN5O. The van der Waals surface area contributed by atoms with E-state index in [1.807, 2.05) is 24.4 Å². The first-order valence-electron chi connectivity index (χ1n) is 11.9. The Kier molecular flexibility index (Phi) is 6.06. The van der Waals surface area contributed by atoms with Gasteiger partial charge in [0.1, 0.15) is 0 Å². The third kappa shape index (κ3) is 4.34. The Morgan fingerprint density at radius 3 is 2.70 bits per heavy atom. The second-order valence-corrected chi connectivity index (χ2v) is 9.37. The van der Waals surface area contributed by atoms with Gasteiger partial charge in [0.05, 0.1) is 36.4 Å². The van der Waals surface area contributed by atoms with Gasteiger partial charge in [0.2, 0.25) is 11.8 Å². The summed E-state index contributed by atoms with van der Waals surface area (Å²) in [6.45, 7) is 9.12. The van der Waals surface area contributed by atoms with Crippen molar-refractivity contribution in [3.8, 4) is 17.0 Å². The summed E-state index contributed by atoms with van der Waals surface area (Å²) < 4.78 is 20.7. The summed E-state index contributed by atoms with van der Waals surface area (Å²) in [7, 11) is 2.08. The number of nitrogens with zero attached hydrogens (tertiary/aromatic N) is 5. The Morgan fingerprint density at radius 1 is 1.12 bits per heavy atom. The number of likely N-dealkylation sites (tertiary alicyclic amines) is 1. The summed E-state index contributed by atoms with van der Waals surface area (Å²) in [6, 6.07) is 9.79. The minimum absolute atomic E-state index is 0.341. The smallest absolute Gasteiger partial charge is 0.224 e. The molecule has 174 valence electrons. The van der Waals surface area contributed by atoms with Gasteiger partial charge in [0, 0.05) is 36.7 Å². The van der Waals surface area contributed by atoms with Crippen LogP contribution >= 0.6 is 0 Å². The number of pyridine rings is 2. The summed E-state index contributed by atoms with van der Waals surface area (Å²) in [4.78, 5) is 15.7. The number of hydrogen-bond donors (Lipinski definition) is 0. The minimum atomic E-state index is -0.509. The molecule has 1 fully saturated rings. The average molecular weight is 450 g/mol. The third-order valence-corrected chi connectivity index (χ3v) is 6.71. The zero-order valence-corrected chi connectivity index (χ0v) is 19.7. The lowest BCUT2D eigenvalue weighted by Gasteiger charge is -2.24. The Hall–Kier alpha value is -2.93. The predicted octanol–water partition coefficient (Wildman–Crippen LogP) is 4.92. The third-order valence-electron chi connectivity index (χ3n) is 6.71. The zero-order valence-electron chi connectivity index (χ0n) is 19.7. The van der Waals surface area contributed by atoms with Gasteiger partial charge in [-0.15, -0.1) is 0 Å². The summed E-state index contributed by atoms with van der Waals surface area (Å²) in [5.41, 5.74) is 4.43. The van der Waals surface area contributed by atoms with E-state index in [2.05, 4.69) is 45.6 Å². The molecule has 33 heavy (non-hydrogen) atoms. The largest absolute Gasteiger partial charge is 0.478 e. The molecule has 1 saturated heterocycles. The van der Waals surface area contributed by atoms with Crippen LogP contribution in [-0.2, 0) is 0 Å². The number of fused-ring (bicyclic) bond motifs is 3. The molecule has 0 N–H and O–H groups in total. The monoisotopic (exact) mass is 449 g/mol. The summed E-state index contributed by atoms with van der Waals surface area (Å²) in [6.07, 6.45) is 5.43. The van der Waals surface area contributed by atoms with Crippen molar-refractivity contribution in [3.05, 3.63) is 42.5 Å². The normalized spacial score (nSPS) is 16.3. The Balaban J connectivity index is 1.37. The SMILES string of the molecule is CC(C)N1CN(C)c2cnc3ccc(-c4ccc(OCCCN5CCCC5)nc4F)cc3c21. The van der Waals surface area contributed by atoms with E-state index in [1.54, 1.807) is 12.1 Å². The van der Waals surface area contributed by atoms with E-state index in [1.165, 1.54) is 25.9 Å². The average Bonchev–Trinajstić information content (AvgIpc) is 3.44. The van der Waals surface area contributed by atoms with Gasteiger partial charge in [-0.05, 0) is 70.0 Å². The van der Waals surface area contributed by atoms with Crippen molar-refractivity contribution in [2.45, 2.75) is 39.2 Å². The molecule has 6 nitrogen and oxygen atoms in total. The van der Waals surface area contributed by atoms with Gasteiger partial charge < -0.3 is 19.4 Å². The molecule has 0 radical (unpaired) electrons. The van der Waals surface area contributed by atoms with Crippen LogP contribution < -0.4 is 14.5 Å². The molecule has 3 aromatic rings. The molecular weight excluding hydrogens is 417 g/mol. The van der Waals surface area contributed by atoms with Crippen LogP contribution in [-0.4, -0.2) is 60.9 Å². The van der Waals surface area contributed by atoms with E-state index in [4.69, 9.17) is 4.74 Å². The number of hydrogen-bond acceptors (Lipinski definition) is 6. The standard InChI is InChI=1S/C26H32FN5O/c1-18(2)32-17-30(3)23-16-28-22-9-7-19(15-21(22)25(23)32)20-8-10-24(29-26(20)27)33-14-6-13-31-11-4-5-12-31/h7-10,15-16,18H,4-6,11-14,17H2,1-3H3. The van der Waals surface area contributed by atoms with Gasteiger partial charge >= 0.3 is 0 Å². The lowest BCUT2D eigenvalue weighted by atomic mass is 10.0. The second kappa shape index (κ2) is 9.14. The molecule has 2 aliphatic rings. The number of aromatic nitrogens is 2. The van der Waals surface area contributed by atoms with Gasteiger partial charge in [0.15, 0.2) is 0 Å². The van der Waals surface area contributed by atoms with Crippen molar-refractivity contribution >= 4 is 22.3 Å². The molecule has 0 atom stereocenters. The van der Waals surface area contributed by atoms with Gasteiger partial charge in [-0.2, -0.15) is 9.37 Å². The molecule has 2 aromatic heterocycles. The first kappa shape index (κ1) is 21.9. The van der Waals surface area contributed by atoms with Crippen LogP contribution in [0.5, 0.6) is 5.88 Å². The highest BCUT2D eigenvalue weighted by Crippen LogP contribution is 2.42. The highest BCUT2D eigenvalue weighted by Gasteiger charge is 2.28. The lowest BCUT2D eigenvalue weighted by Crippen LogP contribution is -2.33. The maximum Gasteiger partial charge on any atom is 0.224 e. The van der Waals surface area contributed by atoms with E-state index in [0.29, 0.717) is 24.1 Å². The van der Waals surface area contributed by atoms with E-state index < -0.39 is 5.95 Å². The molecule has 0 bridgehead atoms. The number of rotatable bonds is 7. The number of anilines is 2. The van der Waals surface area contributed by atoms with E-state index in [0.717, 1.165) is 47.5 Å². The fourth-order valence-corrected chi connectivity index (χ4v) is 4.90. The van der Waals surface area contributed by atoms with Crippen LogP contribution in [0.3, 0.4) is 0 Å². The molecule has 1 aromatic carbocycles. The summed E-state index contributed by atoms with van der Waals surface area (Å²) in [5.74, 6) is -0.168. The highest BCUT2D eigenvalue weighted by molar-refractivity contribution is 6.02. The van der Waals surface area contributed by atoms with Crippen molar-refractivity contribution < 1.29 is 9.13 Å². The molecule has 0 aliphatic carbocycles. The maximum absolute atomic E-state index is 15.0. The van der Waals surface area contributed by atoms with Gasteiger partial charge in [-0.25, -0.2) is 0 Å². The van der Waals surface area contributed by atoms with Crippen LogP contribution in [0.25, 0.3) is 22.0 Å². The van der Waals surface area contributed by atoms with Crippen molar-refractivity contribution in [3.63, 3.8) is 0 Å². The Labute approximate surface area is 195 Å². The number of ether oxygens (including phenoxy) is 1. The first-order valence-corrected chi connectivity index (χ1v) is 11.9. The molecule has 4 heterocycles. The van der Waals surface area contributed by atoms with E-state index >= 15 is 0 Å². The van der Waals surface area contributed by atoms with Crippen molar-refractivity contribution in [1.82, 2.24) is 14.9 Å². The van der Waals surface area contributed by atoms with Gasteiger partial charge in [0.25, 0.3) is 0 Å². The van der Waals surface area contributed by atoms with Gasteiger partial charge in [-0.1, -0.05) is 6.07 Å². The molecule has 7 heteroatoms. The van der Waals surface area contributed by atoms with Crippen molar-refractivity contribution in [1.29, 1.82) is 0 Å². The molecule has 0 spiro atoms. The Morgan fingerprint density at radius 2 is 1.94 bits per heavy atom. The molecule has 0 unspecified atom stereocenters. The summed E-state index contributed by atoms with van der Waals surface area (Å²) >= 11 is 0. The molecule has 0 saturated carbocycles. The second-order valence-electron chi connectivity index (χ2n) is 9.37. The molecule has 2 aliphatic heterocycles. The van der Waals surface area contributed by atoms with Crippen LogP contribution in [0.1, 0.15) is 33.1 Å². The number of halogens is 1. The topological polar surface area (TPSA) is 44.7 Å². The van der Waals surface area contributed by atoms with Gasteiger partial charge in [-0.3, -0.25) is 4.98 Å². The molecule has 5 rings (SSSR count). The van der Waals surface area contributed by atoms with Crippen LogP contribution in [0.15, 0.2) is 36.5 Å². The van der Waals surface area contributed by atoms with Crippen LogP contribution in [0.2, 0.25) is 0 Å². The van der Waals surface area contributed by atoms with E-state index in [9.17, 15) is 4.39 Å².